The Hall–Kier alpha value is -2.04. The molecule has 0 aromatic heterocycles. The number of nitrogens with one attached hydrogen (secondary N) is 1. The van der Waals surface area contributed by atoms with Gasteiger partial charge in [-0.25, -0.2) is 0 Å². The highest BCUT2D eigenvalue weighted by atomic mass is 16.7. The number of carbonyl (C=O) groups is 2. The summed E-state index contributed by atoms with van der Waals surface area (Å²) in [6.45, 7) is 3.51. The van der Waals surface area contributed by atoms with Gasteiger partial charge in [-0.05, 0) is 19.4 Å². The number of hydrogen-bond acceptors (Lipinski definition) is 4. The quantitative estimate of drug-likeness (QED) is 0.832. The van der Waals surface area contributed by atoms with E-state index in [9.17, 15) is 9.59 Å². The minimum Gasteiger partial charge on any atom is -0.454 e. The van der Waals surface area contributed by atoms with Gasteiger partial charge in [0.15, 0.2) is 17.3 Å². The van der Waals surface area contributed by atoms with Crippen LogP contribution in [-0.4, -0.2) is 18.5 Å². The number of rotatable bonds is 4. The fourth-order valence-electron chi connectivity index (χ4n) is 1.78. The molecule has 5 heteroatoms. The molecule has 1 aliphatic heterocycles. The second-order valence-corrected chi connectivity index (χ2v) is 4.11. The SMILES string of the molecule is CCCC(=O)Nc1cc2c(cc1C(C)=O)OCO2. The third-order valence-corrected chi connectivity index (χ3v) is 2.64. The highest BCUT2D eigenvalue weighted by molar-refractivity contribution is 6.04. The van der Waals surface area contributed by atoms with Crippen molar-refractivity contribution in [3.63, 3.8) is 0 Å². The van der Waals surface area contributed by atoms with Gasteiger partial charge < -0.3 is 14.8 Å². The normalized spacial score (nSPS) is 12.3. The van der Waals surface area contributed by atoms with Crippen LogP contribution in [0.5, 0.6) is 11.5 Å². The van der Waals surface area contributed by atoms with E-state index in [1.807, 2.05) is 6.92 Å². The maximum atomic E-state index is 11.6. The van der Waals surface area contributed by atoms with Gasteiger partial charge in [-0.2, -0.15) is 0 Å². The second kappa shape index (κ2) is 5.08. The molecule has 2 rings (SSSR count). The molecule has 1 aliphatic rings. The zero-order chi connectivity index (χ0) is 13.1. The van der Waals surface area contributed by atoms with Crippen LogP contribution in [0.25, 0.3) is 0 Å². The molecule has 0 bridgehead atoms. The van der Waals surface area contributed by atoms with Gasteiger partial charge >= 0.3 is 0 Å². The van der Waals surface area contributed by atoms with Gasteiger partial charge in [0.1, 0.15) is 0 Å². The monoisotopic (exact) mass is 249 g/mol. The first-order valence-corrected chi connectivity index (χ1v) is 5.86. The van der Waals surface area contributed by atoms with Gasteiger partial charge in [0.2, 0.25) is 12.7 Å². The Balaban J connectivity index is 2.32. The molecule has 0 aliphatic carbocycles. The summed E-state index contributed by atoms with van der Waals surface area (Å²) in [5.41, 5.74) is 0.911. The smallest absolute Gasteiger partial charge is 0.231 e. The van der Waals surface area contributed by atoms with Crippen LogP contribution in [0.15, 0.2) is 12.1 Å². The Labute approximate surface area is 105 Å². The van der Waals surface area contributed by atoms with Crippen molar-refractivity contribution in [1.29, 1.82) is 0 Å². The topological polar surface area (TPSA) is 64.6 Å². The maximum absolute atomic E-state index is 11.6. The molecule has 1 aromatic rings. The number of Topliss-reactive ketones (excluding diaryl/α,β-unsaturated/α-hetero) is 1. The van der Waals surface area contributed by atoms with Crippen molar-refractivity contribution in [2.24, 2.45) is 0 Å². The lowest BCUT2D eigenvalue weighted by Crippen LogP contribution is -2.13. The molecule has 0 saturated heterocycles. The highest BCUT2D eigenvalue weighted by Crippen LogP contribution is 2.37. The van der Waals surface area contributed by atoms with Crippen LogP contribution in [0.1, 0.15) is 37.0 Å². The summed E-state index contributed by atoms with van der Waals surface area (Å²) in [6, 6.07) is 3.23. The van der Waals surface area contributed by atoms with Gasteiger partial charge in [0.25, 0.3) is 0 Å². The Morgan fingerprint density at radius 2 is 1.94 bits per heavy atom. The molecule has 1 heterocycles. The van der Waals surface area contributed by atoms with E-state index in [0.29, 0.717) is 29.2 Å². The van der Waals surface area contributed by atoms with Crippen molar-refractivity contribution in [2.45, 2.75) is 26.7 Å². The number of fused-ring (bicyclic) bond motifs is 1. The van der Waals surface area contributed by atoms with Gasteiger partial charge in [-0.3, -0.25) is 9.59 Å². The van der Waals surface area contributed by atoms with Crippen LogP contribution >= 0.6 is 0 Å². The Bertz CT molecular complexity index is 496. The number of carbonyl (C=O) groups excluding carboxylic acids is 2. The summed E-state index contributed by atoms with van der Waals surface area (Å²) < 4.78 is 10.4. The molecule has 1 N–H and O–H groups in total. The lowest BCUT2D eigenvalue weighted by molar-refractivity contribution is -0.116. The number of hydrogen-bond donors (Lipinski definition) is 1. The van der Waals surface area contributed by atoms with E-state index in [2.05, 4.69) is 5.32 Å². The van der Waals surface area contributed by atoms with Gasteiger partial charge in [0, 0.05) is 18.1 Å². The predicted octanol–water partition coefficient (Wildman–Crippen LogP) is 2.36. The predicted molar refractivity (Wildman–Crippen MR) is 66.1 cm³/mol. The van der Waals surface area contributed by atoms with Crippen molar-refractivity contribution in [2.75, 3.05) is 12.1 Å². The van der Waals surface area contributed by atoms with E-state index < -0.39 is 0 Å². The molecule has 5 nitrogen and oxygen atoms in total. The van der Waals surface area contributed by atoms with Crippen LogP contribution in [0.2, 0.25) is 0 Å². The standard InChI is InChI=1S/C13H15NO4/c1-3-4-13(16)14-10-6-12-11(17-7-18-12)5-9(10)8(2)15/h5-6H,3-4,7H2,1-2H3,(H,14,16). The maximum Gasteiger partial charge on any atom is 0.231 e. The molecular formula is C13H15NO4. The molecule has 96 valence electrons. The molecule has 0 spiro atoms. The van der Waals surface area contributed by atoms with Gasteiger partial charge in [-0.15, -0.1) is 0 Å². The second-order valence-electron chi connectivity index (χ2n) is 4.11. The van der Waals surface area contributed by atoms with Crippen molar-refractivity contribution >= 4 is 17.4 Å². The van der Waals surface area contributed by atoms with Crippen LogP contribution in [-0.2, 0) is 4.79 Å². The van der Waals surface area contributed by atoms with E-state index in [-0.39, 0.29) is 18.5 Å². The van der Waals surface area contributed by atoms with E-state index in [4.69, 9.17) is 9.47 Å². The van der Waals surface area contributed by atoms with E-state index >= 15 is 0 Å². The van der Waals surface area contributed by atoms with E-state index in [1.54, 1.807) is 12.1 Å². The molecule has 18 heavy (non-hydrogen) atoms. The lowest BCUT2D eigenvalue weighted by atomic mass is 10.1. The lowest BCUT2D eigenvalue weighted by Gasteiger charge is -2.10. The molecule has 0 atom stereocenters. The van der Waals surface area contributed by atoms with Crippen molar-refractivity contribution in [3.05, 3.63) is 17.7 Å². The third-order valence-electron chi connectivity index (χ3n) is 2.64. The highest BCUT2D eigenvalue weighted by Gasteiger charge is 2.20. The fraction of sp³-hybridized carbons (Fsp3) is 0.385. The summed E-state index contributed by atoms with van der Waals surface area (Å²) in [5, 5.41) is 2.73. The summed E-state index contributed by atoms with van der Waals surface area (Å²) in [6.07, 6.45) is 1.18. The first-order valence-electron chi connectivity index (χ1n) is 5.86. The van der Waals surface area contributed by atoms with Crippen molar-refractivity contribution < 1.29 is 19.1 Å². The van der Waals surface area contributed by atoms with Crippen molar-refractivity contribution in [1.82, 2.24) is 0 Å². The Morgan fingerprint density at radius 1 is 1.28 bits per heavy atom. The Kier molecular flexibility index (Phi) is 3.50. The third kappa shape index (κ3) is 2.45. The largest absolute Gasteiger partial charge is 0.454 e. The number of ether oxygens (including phenoxy) is 2. The summed E-state index contributed by atoms with van der Waals surface area (Å²) >= 11 is 0. The molecule has 0 fully saturated rings. The number of benzene rings is 1. The number of anilines is 1. The molecule has 1 aromatic carbocycles. The number of amides is 1. The van der Waals surface area contributed by atoms with Crippen LogP contribution < -0.4 is 14.8 Å². The first kappa shape index (κ1) is 12.4. The fourth-order valence-corrected chi connectivity index (χ4v) is 1.78. The van der Waals surface area contributed by atoms with Crippen LogP contribution in [0.3, 0.4) is 0 Å². The van der Waals surface area contributed by atoms with E-state index in [0.717, 1.165) is 6.42 Å². The van der Waals surface area contributed by atoms with E-state index in [1.165, 1.54) is 6.92 Å². The Morgan fingerprint density at radius 3 is 2.56 bits per heavy atom. The van der Waals surface area contributed by atoms with Gasteiger partial charge in [-0.1, -0.05) is 6.92 Å². The average molecular weight is 249 g/mol. The zero-order valence-electron chi connectivity index (χ0n) is 10.4. The molecule has 1 amide bonds. The zero-order valence-corrected chi connectivity index (χ0v) is 10.4. The van der Waals surface area contributed by atoms with Crippen LogP contribution in [0.4, 0.5) is 5.69 Å². The first-order chi connectivity index (χ1) is 8.61. The molecular weight excluding hydrogens is 234 g/mol. The van der Waals surface area contributed by atoms with Crippen molar-refractivity contribution in [3.8, 4) is 11.5 Å². The number of ketones is 1. The van der Waals surface area contributed by atoms with Crippen LogP contribution in [0, 0.1) is 0 Å². The molecule has 0 unspecified atom stereocenters. The van der Waals surface area contributed by atoms with Gasteiger partial charge in [0.05, 0.1) is 5.69 Å². The summed E-state index contributed by atoms with van der Waals surface area (Å²) in [7, 11) is 0. The molecule has 0 radical (unpaired) electrons. The summed E-state index contributed by atoms with van der Waals surface area (Å²) in [5.74, 6) is 0.847. The molecule has 0 saturated carbocycles. The minimum absolute atomic E-state index is 0.112. The average Bonchev–Trinajstić information content (AvgIpc) is 2.74. The summed E-state index contributed by atoms with van der Waals surface area (Å²) in [4.78, 5) is 23.2. The minimum atomic E-state index is -0.125.